The first-order chi connectivity index (χ1) is 11.3. The van der Waals surface area contributed by atoms with E-state index in [4.69, 9.17) is 0 Å². The number of hydrogen-bond donors (Lipinski definition) is 3. The molecule has 0 aromatic carbocycles. The van der Waals surface area contributed by atoms with E-state index in [1.807, 2.05) is 27.7 Å². The smallest absolute Gasteiger partial charge is 0.242 e. The van der Waals surface area contributed by atoms with Crippen LogP contribution in [0, 0.1) is 5.92 Å². The molecule has 0 saturated carbocycles. The molecule has 148 valence electrons. The van der Waals surface area contributed by atoms with E-state index in [-0.39, 0.29) is 42.0 Å². The Bertz CT molecular complexity index is 401. The molecule has 1 saturated heterocycles. The molecule has 0 atom stereocenters. The van der Waals surface area contributed by atoms with Crippen molar-refractivity contribution in [2.75, 3.05) is 39.3 Å². The number of aliphatic imine (C=N–C) groups is 1. The molecule has 0 unspecified atom stereocenters. The fraction of sp³-hybridized carbons (Fsp3) is 0.889. The number of carbonyl (C=O) groups excluding carboxylic acids is 1. The highest BCUT2D eigenvalue weighted by Gasteiger charge is 2.19. The van der Waals surface area contributed by atoms with Gasteiger partial charge in [-0.1, -0.05) is 6.92 Å². The van der Waals surface area contributed by atoms with E-state index in [0.29, 0.717) is 5.92 Å². The van der Waals surface area contributed by atoms with Crippen molar-refractivity contribution in [2.24, 2.45) is 10.9 Å². The molecule has 0 radical (unpaired) electrons. The number of rotatable bonds is 7. The molecule has 0 aliphatic carbocycles. The van der Waals surface area contributed by atoms with Gasteiger partial charge in [0.25, 0.3) is 0 Å². The molecule has 1 heterocycles. The Morgan fingerprint density at radius 3 is 2.32 bits per heavy atom. The van der Waals surface area contributed by atoms with Crippen molar-refractivity contribution < 1.29 is 4.79 Å². The first-order valence-corrected chi connectivity index (χ1v) is 9.39. The van der Waals surface area contributed by atoms with Crippen LogP contribution in [0.3, 0.4) is 0 Å². The molecule has 3 N–H and O–H groups in total. The van der Waals surface area contributed by atoms with Crippen LogP contribution in [-0.4, -0.2) is 61.6 Å². The highest BCUT2D eigenvalue weighted by molar-refractivity contribution is 14.0. The Labute approximate surface area is 171 Å². The average molecular weight is 467 g/mol. The lowest BCUT2D eigenvalue weighted by atomic mass is 9.97. The van der Waals surface area contributed by atoms with Crippen LogP contribution in [0.15, 0.2) is 4.99 Å². The maximum atomic E-state index is 11.9. The number of piperidine rings is 1. The molecule has 6 nitrogen and oxygen atoms in total. The molecule has 1 amide bonds. The van der Waals surface area contributed by atoms with Crippen molar-refractivity contribution in [2.45, 2.75) is 59.4 Å². The molecular weight excluding hydrogens is 429 g/mol. The van der Waals surface area contributed by atoms with E-state index in [1.165, 1.54) is 38.9 Å². The van der Waals surface area contributed by atoms with E-state index in [2.05, 4.69) is 32.8 Å². The summed E-state index contributed by atoms with van der Waals surface area (Å²) in [5.74, 6) is 1.37. The lowest BCUT2D eigenvalue weighted by Gasteiger charge is -2.32. The topological polar surface area (TPSA) is 68.8 Å². The monoisotopic (exact) mass is 467 g/mol. The molecule has 1 rings (SSSR count). The van der Waals surface area contributed by atoms with E-state index in [0.717, 1.165) is 19.0 Å². The molecule has 0 aromatic heterocycles. The van der Waals surface area contributed by atoms with Crippen molar-refractivity contribution in [3.05, 3.63) is 0 Å². The van der Waals surface area contributed by atoms with E-state index in [1.54, 1.807) is 0 Å². The summed E-state index contributed by atoms with van der Waals surface area (Å²) in [5, 5.41) is 9.55. The van der Waals surface area contributed by atoms with Gasteiger partial charge in [-0.05, 0) is 72.5 Å². The number of nitrogens with one attached hydrogen (secondary N) is 3. The third-order valence-corrected chi connectivity index (χ3v) is 4.04. The fourth-order valence-electron chi connectivity index (χ4n) is 2.92. The number of nitrogens with zero attached hydrogens (tertiary/aromatic N) is 2. The van der Waals surface area contributed by atoms with Crippen LogP contribution >= 0.6 is 24.0 Å². The second-order valence-electron chi connectivity index (χ2n) is 7.66. The Morgan fingerprint density at radius 1 is 1.16 bits per heavy atom. The number of likely N-dealkylation sites (tertiary alicyclic amines) is 1. The zero-order valence-corrected chi connectivity index (χ0v) is 19.0. The summed E-state index contributed by atoms with van der Waals surface area (Å²) < 4.78 is 0. The highest BCUT2D eigenvalue weighted by atomic mass is 127. The third-order valence-electron chi connectivity index (χ3n) is 4.04. The van der Waals surface area contributed by atoms with Gasteiger partial charge in [-0.3, -0.25) is 4.79 Å². The van der Waals surface area contributed by atoms with Gasteiger partial charge in [-0.15, -0.1) is 24.0 Å². The van der Waals surface area contributed by atoms with Crippen molar-refractivity contribution in [3.63, 3.8) is 0 Å². The van der Waals surface area contributed by atoms with Crippen LogP contribution in [-0.2, 0) is 4.79 Å². The minimum Gasteiger partial charge on any atom is -0.357 e. The van der Waals surface area contributed by atoms with E-state index >= 15 is 0 Å². The summed E-state index contributed by atoms with van der Waals surface area (Å²) in [6, 6.07) is 0. The lowest BCUT2D eigenvalue weighted by molar-refractivity contribution is -0.121. The SMILES string of the molecule is CCCN1CCC(CNC(=NCC(=O)NC(C)(C)C)NCC)CC1.I. The van der Waals surface area contributed by atoms with Gasteiger partial charge in [0, 0.05) is 18.6 Å². The summed E-state index contributed by atoms with van der Waals surface area (Å²) in [7, 11) is 0. The summed E-state index contributed by atoms with van der Waals surface area (Å²) in [5.41, 5.74) is -0.217. The number of amides is 1. The maximum Gasteiger partial charge on any atom is 0.242 e. The van der Waals surface area contributed by atoms with Crippen LogP contribution in [0.25, 0.3) is 0 Å². The maximum absolute atomic E-state index is 11.9. The van der Waals surface area contributed by atoms with Crippen molar-refractivity contribution in [3.8, 4) is 0 Å². The Balaban J connectivity index is 0.00000576. The van der Waals surface area contributed by atoms with Gasteiger partial charge in [0.05, 0.1) is 0 Å². The molecule has 1 fully saturated rings. The summed E-state index contributed by atoms with van der Waals surface area (Å²) in [6.45, 7) is 15.7. The number of carbonyl (C=O) groups is 1. The van der Waals surface area contributed by atoms with Gasteiger partial charge in [0.15, 0.2) is 5.96 Å². The molecule has 0 aromatic rings. The van der Waals surface area contributed by atoms with Crippen LogP contribution in [0.1, 0.15) is 53.9 Å². The van der Waals surface area contributed by atoms with Gasteiger partial charge < -0.3 is 20.9 Å². The van der Waals surface area contributed by atoms with Crippen molar-refractivity contribution in [1.82, 2.24) is 20.9 Å². The van der Waals surface area contributed by atoms with Gasteiger partial charge in [0.1, 0.15) is 6.54 Å². The van der Waals surface area contributed by atoms with Crippen LogP contribution < -0.4 is 16.0 Å². The van der Waals surface area contributed by atoms with Gasteiger partial charge in [0.2, 0.25) is 5.91 Å². The van der Waals surface area contributed by atoms with E-state index in [9.17, 15) is 4.79 Å². The first kappa shape index (κ1) is 24.4. The minimum absolute atomic E-state index is 0. The number of hydrogen-bond acceptors (Lipinski definition) is 3. The van der Waals surface area contributed by atoms with Gasteiger partial charge in [-0.2, -0.15) is 0 Å². The van der Waals surface area contributed by atoms with Crippen LogP contribution in [0.2, 0.25) is 0 Å². The Kier molecular flexibility index (Phi) is 12.4. The fourth-order valence-corrected chi connectivity index (χ4v) is 2.92. The molecule has 1 aliphatic rings. The number of guanidine groups is 1. The normalized spacial score (nSPS) is 16.9. The molecule has 1 aliphatic heterocycles. The van der Waals surface area contributed by atoms with Gasteiger partial charge in [-0.25, -0.2) is 4.99 Å². The third kappa shape index (κ3) is 11.6. The summed E-state index contributed by atoms with van der Waals surface area (Å²) in [4.78, 5) is 18.8. The minimum atomic E-state index is -0.217. The molecular formula is C18H38IN5O. The van der Waals surface area contributed by atoms with E-state index < -0.39 is 0 Å². The number of halogens is 1. The van der Waals surface area contributed by atoms with Crippen molar-refractivity contribution >= 4 is 35.8 Å². The molecule has 0 spiro atoms. The standard InChI is InChI=1S/C18H37N5O.HI/c1-6-10-23-11-8-15(9-12-23)13-20-17(19-7-2)21-14-16(24)22-18(3,4)5;/h15H,6-14H2,1-5H3,(H,22,24)(H2,19,20,21);1H. The van der Waals surface area contributed by atoms with Gasteiger partial charge >= 0.3 is 0 Å². The van der Waals surface area contributed by atoms with Crippen LogP contribution in [0.5, 0.6) is 0 Å². The van der Waals surface area contributed by atoms with Crippen LogP contribution in [0.4, 0.5) is 0 Å². The largest absolute Gasteiger partial charge is 0.357 e. The predicted molar refractivity (Wildman–Crippen MR) is 117 cm³/mol. The molecule has 7 heteroatoms. The second kappa shape index (κ2) is 12.7. The summed E-state index contributed by atoms with van der Waals surface area (Å²) in [6.07, 6.45) is 3.70. The zero-order chi connectivity index (χ0) is 18.0. The Morgan fingerprint density at radius 2 is 1.80 bits per heavy atom. The second-order valence-corrected chi connectivity index (χ2v) is 7.66. The Hall–Kier alpha value is -0.570. The first-order valence-electron chi connectivity index (χ1n) is 9.39. The highest BCUT2D eigenvalue weighted by Crippen LogP contribution is 2.16. The summed E-state index contributed by atoms with van der Waals surface area (Å²) >= 11 is 0. The van der Waals surface area contributed by atoms with Crippen molar-refractivity contribution in [1.29, 1.82) is 0 Å². The lowest BCUT2D eigenvalue weighted by Crippen LogP contribution is -2.44. The molecule has 0 bridgehead atoms. The quantitative estimate of drug-likeness (QED) is 0.305. The average Bonchev–Trinajstić information content (AvgIpc) is 2.50. The molecule has 25 heavy (non-hydrogen) atoms. The zero-order valence-electron chi connectivity index (χ0n) is 16.7. The predicted octanol–water partition coefficient (Wildman–Crippen LogP) is 2.20.